The molecule has 3 nitrogen and oxygen atoms in total. The van der Waals surface area contributed by atoms with E-state index in [9.17, 15) is 0 Å². The molecule has 0 saturated carbocycles. The van der Waals surface area contributed by atoms with E-state index in [1.165, 1.54) is 195 Å². The number of benzene rings is 12. The lowest BCUT2D eigenvalue weighted by molar-refractivity contribution is 0.568. The maximum absolute atomic E-state index is 2.87. The quantitative estimate of drug-likeness (QED) is 0.141. The van der Waals surface area contributed by atoms with Crippen molar-refractivity contribution >= 4 is 79.0 Å². The van der Waals surface area contributed by atoms with Crippen LogP contribution in [0, 0.1) is 0 Å². The molecule has 0 N–H and O–H groups in total. The summed E-state index contributed by atoms with van der Waals surface area (Å²) in [5.74, 6) is 0. The Labute approximate surface area is 774 Å². The van der Waals surface area contributed by atoms with E-state index in [1.807, 2.05) is 0 Å². The fourth-order valence-electron chi connectivity index (χ4n) is 19.6. The summed E-state index contributed by atoms with van der Waals surface area (Å²) >= 11 is 0. The Morgan fingerprint density at radius 1 is 0.203 bits per heavy atom. The van der Waals surface area contributed by atoms with E-state index in [-0.39, 0.29) is 71.7 Å². The van der Waals surface area contributed by atoms with Crippen LogP contribution in [-0.4, -0.2) is 11.3 Å². The fraction of sp³-hybridized carbons (Fsp3) is 0.419. The molecule has 0 spiro atoms. The van der Waals surface area contributed by atoms with Gasteiger partial charge in [-0.2, -0.15) is 0 Å². The van der Waals surface area contributed by atoms with Gasteiger partial charge >= 0.3 is 0 Å². The molecule has 0 unspecified atom stereocenters. The number of fused-ring (bicyclic) bond motifs is 7. The van der Waals surface area contributed by atoms with E-state index in [2.05, 4.69) is 497 Å². The van der Waals surface area contributed by atoms with Crippen LogP contribution in [0.1, 0.15) is 342 Å². The summed E-state index contributed by atoms with van der Waals surface area (Å²) in [6, 6.07) is 88.0. The molecule has 0 atom stereocenters. The minimum absolute atomic E-state index is 0.0815. The zero-order valence-corrected chi connectivity index (χ0v) is 86.1. The third kappa shape index (κ3) is 17.3. The number of nitrogens with zero attached hydrogens (tertiary/aromatic N) is 3. The van der Waals surface area contributed by atoms with Crippen LogP contribution >= 0.6 is 0 Å². The van der Waals surface area contributed by atoms with Crippen molar-refractivity contribution in [3.05, 3.63) is 285 Å². The molecule has 2 aliphatic rings. The molecular formula is C124H152BN3. The van der Waals surface area contributed by atoms with Crippen LogP contribution < -0.4 is 26.2 Å². The molecule has 4 heteroatoms. The first-order valence-corrected chi connectivity index (χ1v) is 47.9. The third-order valence-electron chi connectivity index (χ3n) is 28.1. The first-order chi connectivity index (χ1) is 58.7. The highest BCUT2D eigenvalue weighted by molar-refractivity contribution is 7.00. The van der Waals surface area contributed by atoms with E-state index < -0.39 is 5.41 Å². The Hall–Kier alpha value is -9.90. The average Bonchev–Trinajstić information content (AvgIpc) is 0.706. The Kier molecular flexibility index (Phi) is 22.4. The largest absolute Gasteiger partial charge is 0.310 e. The normalized spacial score (nSPS) is 14.2. The Morgan fingerprint density at radius 3 is 0.859 bits per heavy atom. The van der Waals surface area contributed by atoms with Crippen molar-refractivity contribution in [1.29, 1.82) is 0 Å². The molecule has 3 heterocycles. The van der Waals surface area contributed by atoms with E-state index in [4.69, 9.17) is 0 Å². The number of rotatable bonds is 8. The molecule has 15 rings (SSSR count). The van der Waals surface area contributed by atoms with Crippen LogP contribution in [0.25, 0.3) is 83.1 Å². The lowest BCUT2D eigenvalue weighted by Gasteiger charge is -2.47. The first-order valence-electron chi connectivity index (χ1n) is 47.9. The van der Waals surface area contributed by atoms with Gasteiger partial charge in [-0.25, -0.2) is 0 Å². The minimum Gasteiger partial charge on any atom is -0.310 e. The second-order valence-electron chi connectivity index (χ2n) is 51.9. The van der Waals surface area contributed by atoms with Crippen LogP contribution in [-0.2, 0) is 70.4 Å². The smallest absolute Gasteiger partial charge is 0.252 e. The van der Waals surface area contributed by atoms with Gasteiger partial charge in [-0.05, 0) is 271 Å². The molecular weight excluding hydrogens is 1540 g/mol. The highest BCUT2D eigenvalue weighted by atomic mass is 15.2. The minimum atomic E-state index is -0.393. The molecule has 0 saturated heterocycles. The van der Waals surface area contributed by atoms with E-state index >= 15 is 0 Å². The molecule has 1 aromatic heterocycles. The van der Waals surface area contributed by atoms with Gasteiger partial charge in [0.2, 0.25) is 0 Å². The van der Waals surface area contributed by atoms with Crippen molar-refractivity contribution in [2.45, 2.75) is 340 Å². The summed E-state index contributed by atoms with van der Waals surface area (Å²) in [5.41, 5.74) is 41.1. The zero-order chi connectivity index (χ0) is 93.9. The van der Waals surface area contributed by atoms with E-state index in [1.54, 1.807) is 0 Å². The summed E-state index contributed by atoms with van der Waals surface area (Å²) in [6.07, 6.45) is 0. The highest BCUT2D eigenvalue weighted by Gasteiger charge is 2.48. The first kappa shape index (κ1) is 92.8. The van der Waals surface area contributed by atoms with Crippen LogP contribution in [0.5, 0.6) is 0 Å². The summed E-state index contributed by atoms with van der Waals surface area (Å²) in [5, 5.41) is 2.54. The lowest BCUT2D eigenvalue weighted by atomic mass is 9.33. The van der Waals surface area contributed by atoms with E-state index in [0.29, 0.717) is 0 Å². The predicted molar refractivity (Wildman–Crippen MR) is 565 cm³/mol. The van der Waals surface area contributed by atoms with Gasteiger partial charge < -0.3 is 14.4 Å². The SMILES string of the molecule is CC(C)(C)c1ccc(-c2cc(C(C)(C)C)cc(-c3cc(C(C)(C)C)cc(C(C)(C)C)c3)c2N2c3cc(-c4cc(C(C)(C)C)cc(C(C)(C)C)c4)ccc3B3c4ccc(-n5c6ccc(C(C)(C)C)cc6c6cc(C(C)(C)C)ccc65)cc4N(c4c(-c5ccc(C(C)(C)C)cc5)cc(C(C)(C)C)cc4-c4c(C(C)(C)C)cccc4C(C)(C)C)c4cc(C(C)(C)C)cc2c43)cc1. The summed E-state index contributed by atoms with van der Waals surface area (Å²) < 4.78 is 2.62. The lowest BCUT2D eigenvalue weighted by Crippen LogP contribution is -2.61. The second-order valence-corrected chi connectivity index (χ2v) is 51.9. The van der Waals surface area contributed by atoms with Crippen molar-refractivity contribution in [2.75, 3.05) is 9.80 Å². The van der Waals surface area contributed by atoms with Gasteiger partial charge in [-0.1, -0.05) is 403 Å². The standard InChI is InChI=1S/C124H152BN3/c1-112(2,3)80-48-43-75(44-49-80)92-68-88(120(25,26)27)70-94(79-61-86(118(19,20)21)65-87(62-79)119(22,23)24)110(92)127-104-63-77(78-59-84(116(13,14)15)64-85(60-78)117(16,17)18)47-55-100(104)125-101-56-54-91(126-102-57-52-82(114(7,8)9)66-95(102)96-67-83(115(10,11)12)53-58-103(96)126)74-105(101)128(107-73-90(122(31,32)33)72-106(127)109(107)125)111-93(76-45-50-81(51-46-76)113(4,5)6)69-89(121(28,29)30)71-97(111)108-98(123(34,35)36)41-40-42-99(108)124(37,38)39/h40-74H,1-39H3. The molecule has 0 fully saturated rings. The number of hydrogen-bond acceptors (Lipinski definition) is 2. The maximum Gasteiger partial charge on any atom is 0.252 e. The molecule has 0 amide bonds. The topological polar surface area (TPSA) is 11.4 Å². The maximum atomic E-state index is 2.87. The Bertz CT molecular complexity index is 6370. The van der Waals surface area contributed by atoms with Gasteiger partial charge in [0.25, 0.3) is 6.71 Å². The fourth-order valence-corrected chi connectivity index (χ4v) is 19.6. The van der Waals surface area contributed by atoms with Crippen LogP contribution in [0.3, 0.4) is 0 Å². The van der Waals surface area contributed by atoms with Gasteiger partial charge in [-0.3, -0.25) is 0 Å². The second kappa shape index (κ2) is 30.9. The molecule has 666 valence electrons. The molecule has 0 aliphatic carbocycles. The summed E-state index contributed by atoms with van der Waals surface area (Å²) in [7, 11) is 0. The van der Waals surface area contributed by atoms with Gasteiger partial charge in [-0.15, -0.1) is 0 Å². The van der Waals surface area contributed by atoms with Crippen LogP contribution in [0.2, 0.25) is 0 Å². The van der Waals surface area contributed by atoms with Gasteiger partial charge in [0.15, 0.2) is 0 Å². The zero-order valence-electron chi connectivity index (χ0n) is 86.1. The highest BCUT2D eigenvalue weighted by Crippen LogP contribution is 2.59. The van der Waals surface area contributed by atoms with Crippen molar-refractivity contribution in [3.63, 3.8) is 0 Å². The monoisotopic (exact) mass is 1690 g/mol. The average molecular weight is 1700 g/mol. The molecule has 13 aromatic rings. The Morgan fingerprint density at radius 2 is 0.500 bits per heavy atom. The Balaban J connectivity index is 1.23. The van der Waals surface area contributed by atoms with Crippen molar-refractivity contribution in [1.82, 2.24) is 4.57 Å². The molecule has 12 aromatic carbocycles. The predicted octanol–water partition coefficient (Wildman–Crippen LogP) is 34.1. The molecule has 0 radical (unpaired) electrons. The third-order valence-corrected chi connectivity index (χ3v) is 28.1. The summed E-state index contributed by atoms with van der Waals surface area (Å²) in [4.78, 5) is 5.72. The van der Waals surface area contributed by atoms with Crippen molar-refractivity contribution < 1.29 is 0 Å². The van der Waals surface area contributed by atoms with Gasteiger partial charge in [0, 0.05) is 61.5 Å². The number of hydrogen-bond donors (Lipinski definition) is 0. The van der Waals surface area contributed by atoms with Crippen LogP contribution in [0.4, 0.5) is 34.1 Å². The van der Waals surface area contributed by atoms with E-state index in [0.717, 1.165) is 11.4 Å². The van der Waals surface area contributed by atoms with Crippen molar-refractivity contribution in [3.8, 4) is 61.3 Å². The van der Waals surface area contributed by atoms with Gasteiger partial charge in [0.05, 0.1) is 22.4 Å². The summed E-state index contributed by atoms with van der Waals surface area (Å²) in [6.45, 7) is 93.3. The van der Waals surface area contributed by atoms with Gasteiger partial charge in [0.1, 0.15) is 0 Å². The molecule has 0 bridgehead atoms. The number of anilines is 6. The molecule has 128 heavy (non-hydrogen) atoms. The van der Waals surface area contributed by atoms with Crippen LogP contribution in [0.15, 0.2) is 212 Å². The van der Waals surface area contributed by atoms with Crippen molar-refractivity contribution in [2.24, 2.45) is 0 Å². The number of aromatic nitrogens is 1. The molecule has 2 aliphatic heterocycles.